The summed E-state index contributed by atoms with van der Waals surface area (Å²) in [6, 6.07) is 15.9. The number of hydrogen-bond donors (Lipinski definition) is 1. The lowest BCUT2D eigenvalue weighted by Gasteiger charge is -2.14. The highest BCUT2D eigenvalue weighted by Crippen LogP contribution is 2.21. The Morgan fingerprint density at radius 2 is 1.88 bits per heavy atom. The molecule has 1 amide bonds. The van der Waals surface area contributed by atoms with Gasteiger partial charge in [-0.05, 0) is 32.0 Å². The van der Waals surface area contributed by atoms with Gasteiger partial charge in [0.1, 0.15) is 11.6 Å². The van der Waals surface area contributed by atoms with E-state index in [1.807, 2.05) is 42.5 Å². The minimum atomic E-state index is -0.0492. The zero-order chi connectivity index (χ0) is 17.8. The Morgan fingerprint density at radius 1 is 1.16 bits per heavy atom. The number of para-hydroxylation sites is 3. The molecule has 1 aromatic heterocycles. The molecule has 0 unspecified atom stereocenters. The molecule has 0 fully saturated rings. The summed E-state index contributed by atoms with van der Waals surface area (Å²) in [5, 5.41) is 2.98. The summed E-state index contributed by atoms with van der Waals surface area (Å²) in [7, 11) is 1.61. The van der Waals surface area contributed by atoms with Crippen LogP contribution >= 0.6 is 0 Å². The smallest absolute Gasteiger partial charge is 0.224 e. The number of aromatic nitrogens is 2. The number of carbonyl (C=O) groups excluding carboxylic acids is 1. The van der Waals surface area contributed by atoms with Crippen LogP contribution in [0, 0.1) is 0 Å². The first kappa shape index (κ1) is 17.0. The molecular formula is C20H23N3O2. The number of fused-ring (bicyclic) bond motifs is 1. The van der Waals surface area contributed by atoms with Gasteiger partial charge in [0.2, 0.25) is 5.91 Å². The Morgan fingerprint density at radius 3 is 2.64 bits per heavy atom. The summed E-state index contributed by atoms with van der Waals surface area (Å²) in [6.07, 6.45) is 0.284. The molecule has 5 heteroatoms. The van der Waals surface area contributed by atoms with E-state index < -0.39 is 0 Å². The highest BCUT2D eigenvalue weighted by molar-refractivity contribution is 5.80. The maximum Gasteiger partial charge on any atom is 0.224 e. The first-order valence-electron chi connectivity index (χ1n) is 8.44. The molecule has 1 heterocycles. The van der Waals surface area contributed by atoms with Gasteiger partial charge in [0.15, 0.2) is 0 Å². The van der Waals surface area contributed by atoms with Crippen molar-refractivity contribution in [3.05, 3.63) is 59.9 Å². The molecule has 130 valence electrons. The Balaban J connectivity index is 1.74. The van der Waals surface area contributed by atoms with E-state index in [9.17, 15) is 4.79 Å². The van der Waals surface area contributed by atoms with Gasteiger partial charge in [0, 0.05) is 11.6 Å². The third-order valence-electron chi connectivity index (χ3n) is 4.17. The van der Waals surface area contributed by atoms with Crippen molar-refractivity contribution < 1.29 is 9.53 Å². The number of nitrogens with zero attached hydrogens (tertiary/aromatic N) is 2. The van der Waals surface area contributed by atoms with Crippen molar-refractivity contribution in [2.75, 3.05) is 7.11 Å². The lowest BCUT2D eigenvalue weighted by atomic mass is 10.1. The average molecular weight is 337 g/mol. The van der Waals surface area contributed by atoms with Gasteiger partial charge in [-0.3, -0.25) is 4.79 Å². The number of imidazole rings is 1. The van der Waals surface area contributed by atoms with Crippen LogP contribution < -0.4 is 10.1 Å². The molecule has 25 heavy (non-hydrogen) atoms. The number of hydrogen-bond acceptors (Lipinski definition) is 3. The molecule has 0 radical (unpaired) electrons. The second-order valence-electron chi connectivity index (χ2n) is 6.25. The van der Waals surface area contributed by atoms with Crippen LogP contribution in [-0.4, -0.2) is 22.6 Å². The molecular weight excluding hydrogens is 314 g/mol. The van der Waals surface area contributed by atoms with Crippen molar-refractivity contribution in [3.8, 4) is 5.75 Å². The average Bonchev–Trinajstić information content (AvgIpc) is 2.99. The lowest BCUT2D eigenvalue weighted by Crippen LogP contribution is -2.26. The van der Waals surface area contributed by atoms with Crippen LogP contribution in [0.5, 0.6) is 5.75 Å². The van der Waals surface area contributed by atoms with E-state index in [4.69, 9.17) is 4.74 Å². The fraction of sp³-hybridized carbons (Fsp3) is 0.300. The predicted molar refractivity (Wildman–Crippen MR) is 98.7 cm³/mol. The van der Waals surface area contributed by atoms with E-state index >= 15 is 0 Å². The number of carbonyl (C=O) groups is 1. The second kappa shape index (κ2) is 7.38. The SMILES string of the molecule is COc1ccccc1CC(=O)NCc1nc2ccccc2n1C(C)C. The normalized spacial score (nSPS) is 11.0. The first-order valence-corrected chi connectivity index (χ1v) is 8.44. The number of nitrogens with one attached hydrogen (secondary N) is 1. The Bertz CT molecular complexity index is 884. The van der Waals surface area contributed by atoms with Crippen LogP contribution in [0.15, 0.2) is 48.5 Å². The number of rotatable bonds is 6. The summed E-state index contributed by atoms with van der Waals surface area (Å²) in [5.74, 6) is 1.54. The van der Waals surface area contributed by atoms with Gasteiger partial charge in [-0.2, -0.15) is 0 Å². The minimum absolute atomic E-state index is 0.0492. The molecule has 0 spiro atoms. The van der Waals surface area contributed by atoms with Crippen LogP contribution in [0.2, 0.25) is 0 Å². The third kappa shape index (κ3) is 3.65. The molecule has 0 saturated carbocycles. The maximum atomic E-state index is 12.3. The molecule has 0 aliphatic rings. The third-order valence-corrected chi connectivity index (χ3v) is 4.17. The highest BCUT2D eigenvalue weighted by atomic mass is 16.5. The minimum Gasteiger partial charge on any atom is -0.496 e. The molecule has 0 saturated heterocycles. The molecule has 0 aliphatic carbocycles. The van der Waals surface area contributed by atoms with Crippen molar-refractivity contribution in [2.45, 2.75) is 32.9 Å². The van der Waals surface area contributed by atoms with Gasteiger partial charge >= 0.3 is 0 Å². The molecule has 2 aromatic carbocycles. The van der Waals surface area contributed by atoms with Crippen molar-refractivity contribution in [3.63, 3.8) is 0 Å². The number of amides is 1. The number of benzene rings is 2. The van der Waals surface area contributed by atoms with E-state index in [0.29, 0.717) is 6.54 Å². The van der Waals surface area contributed by atoms with Gasteiger partial charge in [-0.25, -0.2) is 4.98 Å². The fourth-order valence-electron chi connectivity index (χ4n) is 3.06. The van der Waals surface area contributed by atoms with Crippen molar-refractivity contribution in [1.29, 1.82) is 0 Å². The van der Waals surface area contributed by atoms with Gasteiger partial charge < -0.3 is 14.6 Å². The van der Waals surface area contributed by atoms with E-state index in [1.54, 1.807) is 7.11 Å². The monoisotopic (exact) mass is 337 g/mol. The van der Waals surface area contributed by atoms with E-state index in [0.717, 1.165) is 28.2 Å². The Hall–Kier alpha value is -2.82. The summed E-state index contributed by atoms with van der Waals surface area (Å²) in [6.45, 7) is 4.64. The van der Waals surface area contributed by atoms with E-state index in [2.05, 4.69) is 34.8 Å². The van der Waals surface area contributed by atoms with Crippen molar-refractivity contribution in [1.82, 2.24) is 14.9 Å². The predicted octanol–water partition coefficient (Wildman–Crippen LogP) is 3.48. The highest BCUT2D eigenvalue weighted by Gasteiger charge is 2.14. The van der Waals surface area contributed by atoms with E-state index in [1.165, 1.54) is 0 Å². The van der Waals surface area contributed by atoms with Crippen molar-refractivity contribution >= 4 is 16.9 Å². The Labute approximate surface area is 147 Å². The summed E-state index contributed by atoms with van der Waals surface area (Å²) >= 11 is 0. The number of methoxy groups -OCH3 is 1. The maximum absolute atomic E-state index is 12.3. The first-order chi connectivity index (χ1) is 12.1. The summed E-state index contributed by atoms with van der Waals surface area (Å²) < 4.78 is 7.47. The van der Waals surface area contributed by atoms with Crippen LogP contribution in [0.25, 0.3) is 11.0 Å². The molecule has 0 aliphatic heterocycles. The van der Waals surface area contributed by atoms with Crippen LogP contribution in [0.4, 0.5) is 0 Å². The van der Waals surface area contributed by atoms with Crippen LogP contribution in [-0.2, 0) is 17.8 Å². The van der Waals surface area contributed by atoms with Crippen LogP contribution in [0.1, 0.15) is 31.3 Å². The number of ether oxygens (including phenoxy) is 1. The zero-order valence-corrected chi connectivity index (χ0v) is 14.8. The topological polar surface area (TPSA) is 56.1 Å². The van der Waals surface area contributed by atoms with Gasteiger partial charge in [0.25, 0.3) is 0 Å². The fourth-order valence-corrected chi connectivity index (χ4v) is 3.06. The van der Waals surface area contributed by atoms with Crippen molar-refractivity contribution in [2.24, 2.45) is 0 Å². The summed E-state index contributed by atoms with van der Waals surface area (Å²) in [5.41, 5.74) is 2.91. The quantitative estimate of drug-likeness (QED) is 0.749. The molecule has 0 bridgehead atoms. The van der Waals surface area contributed by atoms with Gasteiger partial charge in [-0.15, -0.1) is 0 Å². The molecule has 3 rings (SSSR count). The molecule has 3 aromatic rings. The molecule has 5 nitrogen and oxygen atoms in total. The Kier molecular flexibility index (Phi) is 5.03. The van der Waals surface area contributed by atoms with Crippen LogP contribution in [0.3, 0.4) is 0 Å². The molecule has 1 N–H and O–H groups in total. The zero-order valence-electron chi connectivity index (χ0n) is 14.8. The largest absolute Gasteiger partial charge is 0.496 e. The van der Waals surface area contributed by atoms with Gasteiger partial charge in [0.05, 0.1) is 31.1 Å². The second-order valence-corrected chi connectivity index (χ2v) is 6.25. The summed E-state index contributed by atoms with van der Waals surface area (Å²) in [4.78, 5) is 17.0. The lowest BCUT2D eigenvalue weighted by molar-refractivity contribution is -0.120. The van der Waals surface area contributed by atoms with Gasteiger partial charge in [-0.1, -0.05) is 30.3 Å². The molecule has 0 atom stereocenters. The standard InChI is InChI=1S/C20H23N3O2/c1-14(2)23-17-10-6-5-9-16(17)22-19(23)13-21-20(24)12-15-8-4-7-11-18(15)25-3/h4-11,14H,12-13H2,1-3H3,(H,21,24). The van der Waals surface area contributed by atoms with E-state index in [-0.39, 0.29) is 18.4 Å².